The molecule has 5 nitrogen and oxygen atoms in total. The predicted octanol–water partition coefficient (Wildman–Crippen LogP) is 1.86. The van der Waals surface area contributed by atoms with Crippen molar-refractivity contribution in [1.82, 2.24) is 15.2 Å². The fraction of sp³-hybridized carbons (Fsp3) is 0.300. The quantitative estimate of drug-likeness (QED) is 0.849. The summed E-state index contributed by atoms with van der Waals surface area (Å²) in [5, 5.41) is 14.0. The molecule has 2 rings (SSSR count). The molecule has 0 saturated heterocycles. The van der Waals surface area contributed by atoms with E-state index in [1.807, 2.05) is 19.2 Å². The van der Waals surface area contributed by atoms with Crippen molar-refractivity contribution in [3.63, 3.8) is 0 Å². The minimum Gasteiger partial charge on any atom is -0.382 e. The van der Waals surface area contributed by atoms with Crippen LogP contribution >= 0.6 is 11.3 Å². The van der Waals surface area contributed by atoms with Crippen molar-refractivity contribution in [2.75, 3.05) is 11.1 Å². The van der Waals surface area contributed by atoms with E-state index in [0.717, 1.165) is 5.01 Å². The molecule has 0 spiro atoms. The van der Waals surface area contributed by atoms with Crippen molar-refractivity contribution in [2.45, 2.75) is 19.4 Å². The first kappa shape index (κ1) is 10.8. The number of hydrogen-bond donors (Lipinski definition) is 2. The lowest BCUT2D eigenvalue weighted by Gasteiger charge is -2.23. The number of anilines is 2. The van der Waals surface area contributed by atoms with Crippen molar-refractivity contribution < 1.29 is 0 Å². The standard InChI is InChI=1S/C10H13N5S/c1-10(2,9-12-5-6-16-9)13-8-4-3-7(11)14-15-8/h3-6H,1-2H3,(H2,11,14)(H,13,15). The SMILES string of the molecule is CC(C)(Nc1ccc(N)nn1)c1nccs1. The number of aromatic nitrogens is 3. The number of nitrogens with zero attached hydrogens (tertiary/aromatic N) is 3. The molecule has 0 radical (unpaired) electrons. The summed E-state index contributed by atoms with van der Waals surface area (Å²) in [4.78, 5) is 4.28. The van der Waals surface area contributed by atoms with Gasteiger partial charge < -0.3 is 11.1 Å². The first-order valence-electron chi connectivity index (χ1n) is 4.85. The maximum absolute atomic E-state index is 5.47. The maximum atomic E-state index is 5.47. The van der Waals surface area contributed by atoms with Crippen molar-refractivity contribution in [3.8, 4) is 0 Å². The number of hydrogen-bond acceptors (Lipinski definition) is 6. The van der Waals surface area contributed by atoms with Gasteiger partial charge in [-0.3, -0.25) is 0 Å². The molecular weight excluding hydrogens is 222 g/mol. The van der Waals surface area contributed by atoms with Crippen LogP contribution in [0.5, 0.6) is 0 Å². The van der Waals surface area contributed by atoms with Gasteiger partial charge in [0.2, 0.25) is 0 Å². The average molecular weight is 235 g/mol. The number of nitrogen functional groups attached to an aromatic ring is 1. The molecule has 0 fully saturated rings. The molecule has 0 amide bonds. The van der Waals surface area contributed by atoms with Crippen molar-refractivity contribution in [1.29, 1.82) is 0 Å². The highest BCUT2D eigenvalue weighted by molar-refractivity contribution is 7.09. The normalized spacial score (nSPS) is 11.4. The lowest BCUT2D eigenvalue weighted by molar-refractivity contribution is 0.599. The molecule has 0 aliphatic heterocycles. The predicted molar refractivity (Wildman–Crippen MR) is 65.2 cm³/mol. The molecule has 16 heavy (non-hydrogen) atoms. The summed E-state index contributed by atoms with van der Waals surface area (Å²) in [6.45, 7) is 4.09. The molecule has 2 aromatic heterocycles. The fourth-order valence-corrected chi connectivity index (χ4v) is 2.03. The second kappa shape index (κ2) is 4.05. The van der Waals surface area contributed by atoms with Gasteiger partial charge in [-0.25, -0.2) is 4.98 Å². The molecule has 2 aromatic rings. The molecule has 0 unspecified atom stereocenters. The Morgan fingerprint density at radius 3 is 2.69 bits per heavy atom. The third-order valence-corrected chi connectivity index (χ3v) is 3.19. The Bertz CT molecular complexity index is 449. The lowest BCUT2D eigenvalue weighted by atomic mass is 10.1. The number of thiazole rings is 1. The van der Waals surface area contributed by atoms with Gasteiger partial charge in [-0.05, 0) is 26.0 Å². The van der Waals surface area contributed by atoms with Crippen molar-refractivity contribution >= 4 is 23.0 Å². The van der Waals surface area contributed by atoms with Gasteiger partial charge in [-0.1, -0.05) is 0 Å². The summed E-state index contributed by atoms with van der Waals surface area (Å²) in [5.41, 5.74) is 5.21. The van der Waals surface area contributed by atoms with E-state index in [1.54, 1.807) is 29.7 Å². The summed E-state index contributed by atoms with van der Waals surface area (Å²) in [5.74, 6) is 1.10. The van der Waals surface area contributed by atoms with Gasteiger partial charge in [0.25, 0.3) is 0 Å². The Labute approximate surface area is 97.7 Å². The Balaban J connectivity index is 2.18. The number of rotatable bonds is 3. The average Bonchev–Trinajstić information content (AvgIpc) is 2.75. The maximum Gasteiger partial charge on any atom is 0.149 e. The molecule has 0 aromatic carbocycles. The zero-order valence-electron chi connectivity index (χ0n) is 9.14. The minimum absolute atomic E-state index is 0.265. The number of nitrogens with one attached hydrogen (secondary N) is 1. The second-order valence-electron chi connectivity index (χ2n) is 3.93. The summed E-state index contributed by atoms with van der Waals surface area (Å²) in [6, 6.07) is 3.52. The third-order valence-electron chi connectivity index (χ3n) is 2.09. The molecule has 84 valence electrons. The van der Waals surface area contributed by atoms with E-state index in [0.29, 0.717) is 11.6 Å². The molecule has 2 heterocycles. The minimum atomic E-state index is -0.265. The highest BCUT2D eigenvalue weighted by Gasteiger charge is 2.23. The molecule has 0 bridgehead atoms. The van der Waals surface area contributed by atoms with Crippen LogP contribution in [0.25, 0.3) is 0 Å². The van der Waals surface area contributed by atoms with Gasteiger partial charge in [-0.15, -0.1) is 21.5 Å². The Morgan fingerprint density at radius 1 is 1.31 bits per heavy atom. The largest absolute Gasteiger partial charge is 0.382 e. The zero-order chi connectivity index (χ0) is 11.6. The molecule has 0 aliphatic carbocycles. The molecule has 0 aliphatic rings. The zero-order valence-corrected chi connectivity index (χ0v) is 9.95. The van der Waals surface area contributed by atoms with Crippen LogP contribution in [0.1, 0.15) is 18.9 Å². The summed E-state index contributed by atoms with van der Waals surface area (Å²) in [6.07, 6.45) is 1.79. The van der Waals surface area contributed by atoms with Crippen LogP contribution < -0.4 is 11.1 Å². The van der Waals surface area contributed by atoms with Gasteiger partial charge in [0, 0.05) is 11.6 Å². The molecule has 3 N–H and O–H groups in total. The van der Waals surface area contributed by atoms with Crippen LogP contribution in [0.4, 0.5) is 11.6 Å². The smallest absolute Gasteiger partial charge is 0.149 e. The van der Waals surface area contributed by atoms with E-state index in [4.69, 9.17) is 5.73 Å². The summed E-state index contributed by atoms with van der Waals surface area (Å²) < 4.78 is 0. The highest BCUT2D eigenvalue weighted by Crippen LogP contribution is 2.25. The second-order valence-corrected chi connectivity index (χ2v) is 4.83. The van der Waals surface area contributed by atoms with Crippen LogP contribution in [0.3, 0.4) is 0 Å². The van der Waals surface area contributed by atoms with Crippen molar-refractivity contribution in [3.05, 3.63) is 28.7 Å². The van der Waals surface area contributed by atoms with Crippen LogP contribution in [-0.4, -0.2) is 15.2 Å². The van der Waals surface area contributed by atoms with Crippen LogP contribution in [0.2, 0.25) is 0 Å². The summed E-state index contributed by atoms with van der Waals surface area (Å²) >= 11 is 1.61. The summed E-state index contributed by atoms with van der Waals surface area (Å²) in [7, 11) is 0. The van der Waals surface area contributed by atoms with Crippen LogP contribution in [-0.2, 0) is 5.54 Å². The third kappa shape index (κ3) is 2.27. The van der Waals surface area contributed by atoms with Crippen LogP contribution in [0, 0.1) is 0 Å². The van der Waals surface area contributed by atoms with Gasteiger partial charge in [-0.2, -0.15) is 0 Å². The van der Waals surface area contributed by atoms with Gasteiger partial charge >= 0.3 is 0 Å². The van der Waals surface area contributed by atoms with E-state index >= 15 is 0 Å². The Kier molecular flexibility index (Phi) is 2.74. The molecule has 0 saturated carbocycles. The fourth-order valence-electron chi connectivity index (χ4n) is 1.32. The van der Waals surface area contributed by atoms with E-state index in [-0.39, 0.29) is 5.54 Å². The van der Waals surface area contributed by atoms with Gasteiger partial charge in [0.1, 0.15) is 16.6 Å². The van der Waals surface area contributed by atoms with E-state index in [9.17, 15) is 0 Å². The molecular formula is C10H13N5S. The van der Waals surface area contributed by atoms with E-state index in [2.05, 4.69) is 20.5 Å². The Hall–Kier alpha value is -1.69. The number of nitrogens with two attached hydrogens (primary N) is 1. The lowest BCUT2D eigenvalue weighted by Crippen LogP contribution is -2.28. The van der Waals surface area contributed by atoms with E-state index < -0.39 is 0 Å². The van der Waals surface area contributed by atoms with Crippen LogP contribution in [0.15, 0.2) is 23.7 Å². The first-order chi connectivity index (χ1) is 7.58. The highest BCUT2D eigenvalue weighted by atomic mass is 32.1. The van der Waals surface area contributed by atoms with E-state index in [1.165, 1.54) is 0 Å². The van der Waals surface area contributed by atoms with Gasteiger partial charge in [0.15, 0.2) is 0 Å². The molecule has 0 atom stereocenters. The molecule has 6 heteroatoms. The topological polar surface area (TPSA) is 76.7 Å². The van der Waals surface area contributed by atoms with Crippen molar-refractivity contribution in [2.24, 2.45) is 0 Å². The Morgan fingerprint density at radius 2 is 2.12 bits per heavy atom. The first-order valence-corrected chi connectivity index (χ1v) is 5.73. The van der Waals surface area contributed by atoms with Gasteiger partial charge in [0.05, 0.1) is 5.54 Å². The monoisotopic (exact) mass is 235 g/mol.